The van der Waals surface area contributed by atoms with Crippen LogP contribution < -0.4 is 0 Å². The molecule has 0 bridgehead atoms. The summed E-state index contributed by atoms with van der Waals surface area (Å²) < 4.78 is 0. The predicted octanol–water partition coefficient (Wildman–Crippen LogP) is 2.88. The minimum absolute atomic E-state index is 0.347. The average molecular weight is 167 g/mol. The quantitative estimate of drug-likeness (QED) is 0.606. The Kier molecular flexibility index (Phi) is 2.60. The first-order chi connectivity index (χ1) is 5.49. The van der Waals surface area contributed by atoms with Crippen LogP contribution in [0, 0.1) is 11.3 Å². The van der Waals surface area contributed by atoms with Gasteiger partial charge in [-0.1, -0.05) is 27.7 Å². The van der Waals surface area contributed by atoms with Gasteiger partial charge >= 0.3 is 0 Å². The number of amidine groups is 1. The molecule has 0 aliphatic carbocycles. The summed E-state index contributed by atoms with van der Waals surface area (Å²) in [6.07, 6.45) is 1.12. The summed E-state index contributed by atoms with van der Waals surface area (Å²) >= 11 is 0. The smallest absolute Gasteiger partial charge is 0.152 e. The standard InChI is InChI=1S/C9H17N3/c1-7(5-9(2,3)4)8-10-6-11-12-8/h7H,5-6H2,1-4H3. The van der Waals surface area contributed by atoms with Crippen LogP contribution in [0.4, 0.5) is 0 Å². The van der Waals surface area contributed by atoms with Crippen molar-refractivity contribution >= 4 is 5.84 Å². The Morgan fingerprint density at radius 2 is 2.08 bits per heavy atom. The lowest BCUT2D eigenvalue weighted by Crippen LogP contribution is -2.16. The van der Waals surface area contributed by atoms with Gasteiger partial charge in [0.05, 0.1) is 0 Å². The fraction of sp³-hybridized carbons (Fsp3) is 0.889. The van der Waals surface area contributed by atoms with E-state index in [0.29, 0.717) is 18.0 Å². The maximum absolute atomic E-state index is 4.20. The molecule has 1 rings (SSSR count). The van der Waals surface area contributed by atoms with Gasteiger partial charge in [0.2, 0.25) is 0 Å². The third-order valence-corrected chi connectivity index (χ3v) is 1.83. The zero-order valence-corrected chi connectivity index (χ0v) is 8.33. The van der Waals surface area contributed by atoms with Crippen molar-refractivity contribution in [3.63, 3.8) is 0 Å². The van der Waals surface area contributed by atoms with E-state index in [1.165, 1.54) is 0 Å². The Labute approximate surface area is 74.0 Å². The van der Waals surface area contributed by atoms with Crippen LogP contribution in [0.3, 0.4) is 0 Å². The van der Waals surface area contributed by atoms with Crippen LogP contribution >= 0.6 is 0 Å². The van der Waals surface area contributed by atoms with Crippen LogP contribution in [0.2, 0.25) is 0 Å². The lowest BCUT2D eigenvalue weighted by molar-refractivity contribution is 0.345. The Balaban J connectivity index is 2.48. The highest BCUT2D eigenvalue weighted by molar-refractivity contribution is 5.85. The monoisotopic (exact) mass is 167 g/mol. The fourth-order valence-corrected chi connectivity index (χ4v) is 1.50. The van der Waals surface area contributed by atoms with Crippen molar-refractivity contribution in [2.45, 2.75) is 34.1 Å². The molecule has 1 atom stereocenters. The lowest BCUT2D eigenvalue weighted by atomic mass is 9.85. The van der Waals surface area contributed by atoms with Crippen molar-refractivity contribution in [2.24, 2.45) is 26.6 Å². The van der Waals surface area contributed by atoms with E-state index in [4.69, 9.17) is 0 Å². The van der Waals surface area contributed by atoms with Gasteiger partial charge in [0.15, 0.2) is 12.5 Å². The third-order valence-electron chi connectivity index (χ3n) is 1.83. The normalized spacial score (nSPS) is 19.5. The highest BCUT2D eigenvalue weighted by Gasteiger charge is 2.20. The summed E-state index contributed by atoms with van der Waals surface area (Å²) in [5, 5.41) is 7.83. The second-order valence-corrected chi connectivity index (χ2v) is 4.56. The van der Waals surface area contributed by atoms with Crippen molar-refractivity contribution in [2.75, 3.05) is 6.67 Å². The molecule has 1 aliphatic rings. The Morgan fingerprint density at radius 1 is 1.42 bits per heavy atom. The first-order valence-electron chi connectivity index (χ1n) is 4.41. The van der Waals surface area contributed by atoms with Crippen molar-refractivity contribution in [3.8, 4) is 0 Å². The largest absolute Gasteiger partial charge is 0.243 e. The molecule has 1 heterocycles. The van der Waals surface area contributed by atoms with Crippen LogP contribution in [0.5, 0.6) is 0 Å². The van der Waals surface area contributed by atoms with Gasteiger partial charge in [-0.25, -0.2) is 4.99 Å². The summed E-state index contributed by atoms with van der Waals surface area (Å²) in [7, 11) is 0. The Morgan fingerprint density at radius 3 is 2.50 bits per heavy atom. The van der Waals surface area contributed by atoms with Crippen molar-refractivity contribution < 1.29 is 0 Å². The van der Waals surface area contributed by atoms with Gasteiger partial charge in [0.25, 0.3) is 0 Å². The highest BCUT2D eigenvalue weighted by Crippen LogP contribution is 2.26. The van der Waals surface area contributed by atoms with Crippen LogP contribution in [0.15, 0.2) is 15.2 Å². The van der Waals surface area contributed by atoms with Crippen molar-refractivity contribution in [1.29, 1.82) is 0 Å². The minimum atomic E-state index is 0.347. The van der Waals surface area contributed by atoms with E-state index >= 15 is 0 Å². The average Bonchev–Trinajstić information content (AvgIpc) is 2.32. The summed E-state index contributed by atoms with van der Waals surface area (Å²) in [5.41, 5.74) is 0.347. The molecule has 0 saturated heterocycles. The van der Waals surface area contributed by atoms with E-state index < -0.39 is 0 Å². The van der Waals surface area contributed by atoms with E-state index in [1.807, 2.05) is 0 Å². The number of azo groups is 1. The molecule has 3 nitrogen and oxygen atoms in total. The summed E-state index contributed by atoms with van der Waals surface area (Å²) in [6, 6.07) is 0. The molecule has 68 valence electrons. The highest BCUT2D eigenvalue weighted by atomic mass is 15.3. The molecule has 0 aromatic heterocycles. The zero-order valence-electron chi connectivity index (χ0n) is 8.33. The van der Waals surface area contributed by atoms with Crippen LogP contribution in [-0.2, 0) is 0 Å². The molecule has 0 aromatic rings. The molecular weight excluding hydrogens is 150 g/mol. The second kappa shape index (κ2) is 3.33. The van der Waals surface area contributed by atoms with Crippen molar-refractivity contribution in [3.05, 3.63) is 0 Å². The number of rotatable bonds is 2. The summed E-state index contributed by atoms with van der Waals surface area (Å²) in [5.74, 6) is 1.36. The molecule has 3 heteroatoms. The Bertz CT molecular complexity index is 210. The molecule has 0 radical (unpaired) electrons. The summed E-state index contributed by atoms with van der Waals surface area (Å²) in [4.78, 5) is 4.20. The van der Waals surface area contributed by atoms with E-state index in [1.54, 1.807) is 0 Å². The molecule has 0 aromatic carbocycles. The molecule has 1 unspecified atom stereocenters. The van der Waals surface area contributed by atoms with Gasteiger partial charge in [-0.2, -0.15) is 5.11 Å². The predicted molar refractivity (Wildman–Crippen MR) is 50.4 cm³/mol. The molecule has 12 heavy (non-hydrogen) atoms. The number of nitrogens with zero attached hydrogens (tertiary/aromatic N) is 3. The molecule has 0 fully saturated rings. The second-order valence-electron chi connectivity index (χ2n) is 4.56. The van der Waals surface area contributed by atoms with E-state index in [2.05, 4.69) is 42.9 Å². The fourth-order valence-electron chi connectivity index (χ4n) is 1.50. The molecule has 0 N–H and O–H groups in total. The van der Waals surface area contributed by atoms with E-state index in [-0.39, 0.29) is 0 Å². The minimum Gasteiger partial charge on any atom is -0.243 e. The zero-order chi connectivity index (χ0) is 9.19. The van der Waals surface area contributed by atoms with Gasteiger partial charge in [-0.3, -0.25) is 0 Å². The van der Waals surface area contributed by atoms with Gasteiger partial charge in [0.1, 0.15) is 0 Å². The molecule has 0 saturated carbocycles. The van der Waals surface area contributed by atoms with Crippen LogP contribution in [-0.4, -0.2) is 12.5 Å². The SMILES string of the molecule is CC(CC(C)(C)C)C1=NCN=N1. The van der Waals surface area contributed by atoms with E-state index in [9.17, 15) is 0 Å². The van der Waals surface area contributed by atoms with Gasteiger partial charge in [-0.05, 0) is 11.8 Å². The van der Waals surface area contributed by atoms with Gasteiger partial charge in [0, 0.05) is 5.92 Å². The van der Waals surface area contributed by atoms with Gasteiger partial charge in [-0.15, -0.1) is 5.11 Å². The molecule has 0 spiro atoms. The number of hydrogen-bond acceptors (Lipinski definition) is 3. The van der Waals surface area contributed by atoms with E-state index in [0.717, 1.165) is 12.3 Å². The first kappa shape index (κ1) is 9.36. The molecular formula is C9H17N3. The molecule has 0 amide bonds. The number of hydrogen-bond donors (Lipinski definition) is 0. The third kappa shape index (κ3) is 2.72. The van der Waals surface area contributed by atoms with Crippen LogP contribution in [0.25, 0.3) is 0 Å². The first-order valence-corrected chi connectivity index (χ1v) is 4.41. The summed E-state index contributed by atoms with van der Waals surface area (Å²) in [6.45, 7) is 9.39. The topological polar surface area (TPSA) is 37.1 Å². The van der Waals surface area contributed by atoms with Crippen LogP contribution in [0.1, 0.15) is 34.1 Å². The maximum atomic E-state index is 4.20. The molecule has 1 aliphatic heterocycles. The lowest BCUT2D eigenvalue weighted by Gasteiger charge is -2.21. The van der Waals surface area contributed by atoms with Crippen molar-refractivity contribution in [1.82, 2.24) is 0 Å². The maximum Gasteiger partial charge on any atom is 0.152 e. The van der Waals surface area contributed by atoms with Gasteiger partial charge < -0.3 is 0 Å². The number of aliphatic imine (C=N–C) groups is 1. The Hall–Kier alpha value is -0.730.